The van der Waals surface area contributed by atoms with Crippen LogP contribution in [0.15, 0.2) is 29.2 Å². The molecule has 3 heteroatoms. The molecule has 1 heterocycles. The Morgan fingerprint density at radius 2 is 2.18 bits per heavy atom. The van der Waals surface area contributed by atoms with Gasteiger partial charge < -0.3 is 4.98 Å². The van der Waals surface area contributed by atoms with Crippen LogP contribution < -0.4 is 0 Å². The van der Waals surface area contributed by atoms with E-state index in [9.17, 15) is 0 Å². The molecule has 56 valence electrons. The fraction of sp³-hybridized carbons (Fsp3) is 0. The summed E-state index contributed by atoms with van der Waals surface area (Å²) in [6.07, 6.45) is 0. The van der Waals surface area contributed by atoms with Crippen molar-refractivity contribution in [3.05, 3.63) is 28.0 Å². The number of hydrogen-bond donors (Lipinski definition) is 2. The second-order valence-electron chi connectivity index (χ2n) is 2.36. The number of aromatic nitrogens is 1. The molecule has 0 aliphatic rings. The molecule has 0 spiro atoms. The van der Waals surface area contributed by atoms with Gasteiger partial charge in [0.15, 0.2) is 0 Å². The first-order chi connectivity index (χ1) is 5.27. The molecule has 2 aromatic rings. The van der Waals surface area contributed by atoms with Crippen molar-refractivity contribution in [1.82, 2.24) is 4.98 Å². The predicted molar refractivity (Wildman–Crippen MR) is 58.3 cm³/mol. The van der Waals surface area contributed by atoms with Gasteiger partial charge in [0, 0.05) is 15.8 Å². The molecule has 0 saturated carbocycles. The molecule has 0 unspecified atom stereocenters. The summed E-state index contributed by atoms with van der Waals surface area (Å²) in [6.45, 7) is 0. The largest absolute Gasteiger partial charge is 0.350 e. The molecule has 2 rings (SSSR count). The van der Waals surface area contributed by atoms with E-state index in [4.69, 9.17) is 0 Å². The quantitative estimate of drug-likeness (QED) is 0.543. The molecule has 1 aromatic heterocycles. The lowest BCUT2D eigenvalue weighted by Gasteiger charge is -1.91. The lowest BCUT2D eigenvalue weighted by molar-refractivity contribution is 1.41. The molecule has 1 aromatic carbocycles. The monoisotopic (exact) mass is 275 g/mol. The topological polar surface area (TPSA) is 15.8 Å². The molecule has 0 saturated heterocycles. The number of rotatable bonds is 0. The van der Waals surface area contributed by atoms with E-state index in [-0.39, 0.29) is 0 Å². The number of hydrogen-bond acceptors (Lipinski definition) is 1. The summed E-state index contributed by atoms with van der Waals surface area (Å²) in [4.78, 5) is 4.27. The molecule has 0 bridgehead atoms. The third-order valence-corrected chi connectivity index (χ3v) is 2.58. The zero-order valence-electron chi connectivity index (χ0n) is 5.63. The number of benzene rings is 1. The van der Waals surface area contributed by atoms with Crippen LogP contribution in [0.1, 0.15) is 0 Å². The van der Waals surface area contributed by atoms with Crippen molar-refractivity contribution in [2.24, 2.45) is 0 Å². The van der Waals surface area contributed by atoms with Crippen LogP contribution >= 0.6 is 35.2 Å². The van der Waals surface area contributed by atoms with Gasteiger partial charge in [-0.2, -0.15) is 0 Å². The second kappa shape index (κ2) is 2.71. The second-order valence-corrected chi connectivity index (χ2v) is 4.00. The van der Waals surface area contributed by atoms with Crippen LogP contribution in [0.25, 0.3) is 10.9 Å². The minimum atomic E-state index is 1.03. The number of nitrogens with one attached hydrogen (secondary N) is 1. The van der Waals surface area contributed by atoms with Gasteiger partial charge in [0.2, 0.25) is 0 Å². The minimum Gasteiger partial charge on any atom is -0.350 e. The van der Waals surface area contributed by atoms with Crippen LogP contribution in [0.3, 0.4) is 0 Å². The van der Waals surface area contributed by atoms with Crippen LogP contribution in [-0.2, 0) is 0 Å². The van der Waals surface area contributed by atoms with Crippen molar-refractivity contribution in [2.45, 2.75) is 4.90 Å². The van der Waals surface area contributed by atoms with E-state index in [1.54, 1.807) is 0 Å². The van der Waals surface area contributed by atoms with E-state index < -0.39 is 0 Å². The first-order valence-electron chi connectivity index (χ1n) is 3.23. The van der Waals surface area contributed by atoms with Crippen LogP contribution in [0.4, 0.5) is 0 Å². The van der Waals surface area contributed by atoms with Crippen molar-refractivity contribution >= 4 is 46.1 Å². The molecule has 0 amide bonds. The van der Waals surface area contributed by atoms with Gasteiger partial charge in [-0.15, -0.1) is 12.6 Å². The Hall–Kier alpha value is -0.160. The van der Waals surface area contributed by atoms with Crippen LogP contribution in [-0.4, -0.2) is 4.98 Å². The van der Waals surface area contributed by atoms with Crippen molar-refractivity contribution in [1.29, 1.82) is 0 Å². The van der Waals surface area contributed by atoms with Crippen LogP contribution in [0.2, 0.25) is 0 Å². The van der Waals surface area contributed by atoms with Gasteiger partial charge in [0.25, 0.3) is 0 Å². The molecule has 0 atom stereocenters. The highest BCUT2D eigenvalue weighted by molar-refractivity contribution is 14.1. The van der Waals surface area contributed by atoms with Crippen molar-refractivity contribution in [3.63, 3.8) is 0 Å². The molecule has 0 radical (unpaired) electrons. The molecule has 11 heavy (non-hydrogen) atoms. The minimum absolute atomic E-state index is 1.03. The molecule has 1 nitrogen and oxygen atoms in total. The van der Waals surface area contributed by atoms with E-state index in [1.165, 1.54) is 5.39 Å². The number of thiol groups is 1. The average molecular weight is 275 g/mol. The maximum Gasteiger partial charge on any atom is 0.0783 e. The van der Waals surface area contributed by atoms with Gasteiger partial charge in [-0.25, -0.2) is 0 Å². The number of aromatic amines is 1. The van der Waals surface area contributed by atoms with Gasteiger partial charge in [-0.3, -0.25) is 0 Å². The summed E-state index contributed by atoms with van der Waals surface area (Å²) >= 11 is 6.60. The van der Waals surface area contributed by atoms with E-state index in [0.717, 1.165) is 14.1 Å². The lowest BCUT2D eigenvalue weighted by Crippen LogP contribution is -1.68. The maximum atomic E-state index is 4.34. The third kappa shape index (κ3) is 1.27. The summed E-state index contributed by atoms with van der Waals surface area (Å²) in [5.74, 6) is 0. The number of fused-ring (bicyclic) bond motifs is 1. The number of H-pyrrole nitrogens is 1. The zero-order chi connectivity index (χ0) is 7.84. The Morgan fingerprint density at radius 3 is 2.91 bits per heavy atom. The first-order valence-corrected chi connectivity index (χ1v) is 4.76. The molecule has 1 N–H and O–H groups in total. The summed E-state index contributed by atoms with van der Waals surface area (Å²) in [7, 11) is 0. The normalized spacial score (nSPS) is 10.7. The van der Waals surface area contributed by atoms with Gasteiger partial charge in [-0.05, 0) is 40.8 Å². The Labute approximate surface area is 83.7 Å². The summed E-state index contributed by atoms with van der Waals surface area (Å²) in [5, 5.41) is 1.19. The average Bonchev–Trinajstić information content (AvgIpc) is 2.31. The number of halogens is 1. The van der Waals surface area contributed by atoms with Gasteiger partial charge in [0.05, 0.1) is 3.70 Å². The van der Waals surface area contributed by atoms with E-state index in [1.807, 2.05) is 12.1 Å². The molecule has 0 aliphatic carbocycles. The van der Waals surface area contributed by atoms with Crippen molar-refractivity contribution in [2.75, 3.05) is 0 Å². The van der Waals surface area contributed by atoms with Gasteiger partial charge >= 0.3 is 0 Å². The predicted octanol–water partition coefficient (Wildman–Crippen LogP) is 3.06. The highest BCUT2D eigenvalue weighted by atomic mass is 127. The summed E-state index contributed by atoms with van der Waals surface area (Å²) in [5.41, 5.74) is 1.15. The Kier molecular flexibility index (Phi) is 1.85. The fourth-order valence-corrected chi connectivity index (χ4v) is 1.98. The summed E-state index contributed by atoms with van der Waals surface area (Å²) < 4.78 is 1.15. The molecule has 0 fully saturated rings. The molecular weight excluding hydrogens is 269 g/mol. The summed E-state index contributed by atoms with van der Waals surface area (Å²) in [6, 6.07) is 8.14. The first kappa shape index (κ1) is 7.49. The Balaban J connectivity index is 2.90. The van der Waals surface area contributed by atoms with E-state index in [2.05, 4.69) is 52.3 Å². The highest BCUT2D eigenvalue weighted by Crippen LogP contribution is 2.22. The Morgan fingerprint density at radius 1 is 1.36 bits per heavy atom. The third-order valence-electron chi connectivity index (χ3n) is 1.61. The smallest absolute Gasteiger partial charge is 0.0783 e. The highest BCUT2D eigenvalue weighted by Gasteiger charge is 1.99. The molecular formula is C8H6INS. The van der Waals surface area contributed by atoms with Crippen LogP contribution in [0.5, 0.6) is 0 Å². The lowest BCUT2D eigenvalue weighted by atomic mass is 10.2. The van der Waals surface area contributed by atoms with Crippen molar-refractivity contribution < 1.29 is 0 Å². The van der Waals surface area contributed by atoms with Gasteiger partial charge in [0.1, 0.15) is 0 Å². The Bertz CT molecular complexity index is 394. The standard InChI is InChI=1S/C8H6INS/c9-8-4-5-6(10-8)2-1-3-7(5)11/h1-4,10-11H. The van der Waals surface area contributed by atoms with Crippen LogP contribution in [0, 0.1) is 3.70 Å². The van der Waals surface area contributed by atoms with E-state index >= 15 is 0 Å². The van der Waals surface area contributed by atoms with Gasteiger partial charge in [-0.1, -0.05) is 6.07 Å². The zero-order valence-corrected chi connectivity index (χ0v) is 8.69. The van der Waals surface area contributed by atoms with Crippen molar-refractivity contribution in [3.8, 4) is 0 Å². The molecule has 0 aliphatic heterocycles. The fourth-order valence-electron chi connectivity index (χ4n) is 1.11. The maximum absolute atomic E-state index is 4.34. The SMILES string of the molecule is Sc1cccc2[nH]c(I)cc12. The van der Waals surface area contributed by atoms with E-state index in [0.29, 0.717) is 0 Å².